The zero-order chi connectivity index (χ0) is 12.3. The van der Waals surface area contributed by atoms with Gasteiger partial charge in [0, 0.05) is 17.4 Å². The summed E-state index contributed by atoms with van der Waals surface area (Å²) >= 11 is 5.86. The maximum Gasteiger partial charge on any atom is 0.126 e. The van der Waals surface area contributed by atoms with E-state index >= 15 is 0 Å². The Hall–Kier alpha value is -1.39. The molecule has 0 saturated carbocycles. The number of H-pyrrole nitrogens is 1. The van der Waals surface area contributed by atoms with E-state index in [1.165, 1.54) is 6.07 Å². The van der Waals surface area contributed by atoms with Crippen molar-refractivity contribution in [2.45, 2.75) is 12.5 Å². The predicted octanol–water partition coefficient (Wildman–Crippen LogP) is 2.71. The molecule has 0 spiro atoms. The van der Waals surface area contributed by atoms with E-state index in [0.717, 1.165) is 5.82 Å². The minimum absolute atomic E-state index is 0.0574. The number of hydrogen-bond acceptors (Lipinski definition) is 2. The zero-order valence-electron chi connectivity index (χ0n) is 9.37. The first-order valence-electron chi connectivity index (χ1n) is 5.31. The van der Waals surface area contributed by atoms with Gasteiger partial charge in [0.05, 0.1) is 6.04 Å². The molecule has 0 radical (unpaired) electrons. The summed E-state index contributed by atoms with van der Waals surface area (Å²) in [6.45, 7) is 0. The highest BCUT2D eigenvalue weighted by Gasteiger charge is 2.14. The molecule has 2 N–H and O–H groups in total. The van der Waals surface area contributed by atoms with Crippen LogP contribution in [0.5, 0.6) is 0 Å². The average molecular weight is 254 g/mol. The molecule has 1 unspecified atom stereocenters. The van der Waals surface area contributed by atoms with Gasteiger partial charge in [0.15, 0.2) is 0 Å². The summed E-state index contributed by atoms with van der Waals surface area (Å²) in [6.07, 6.45) is 3.92. The lowest BCUT2D eigenvalue weighted by molar-refractivity contribution is 0.536. The Kier molecular flexibility index (Phi) is 3.76. The standard InChI is InChI=1S/C12H13ClFN3/c1-15-11(12-16-4-5-17-12)7-8-6-9(13)2-3-10(8)14/h2-6,11,15H,7H2,1H3,(H,16,17). The van der Waals surface area contributed by atoms with E-state index < -0.39 is 0 Å². The first-order valence-corrected chi connectivity index (χ1v) is 5.69. The van der Waals surface area contributed by atoms with Crippen molar-refractivity contribution in [1.29, 1.82) is 0 Å². The monoisotopic (exact) mass is 253 g/mol. The van der Waals surface area contributed by atoms with Crippen molar-refractivity contribution in [1.82, 2.24) is 15.3 Å². The molecule has 0 fully saturated rings. The molecular weight excluding hydrogens is 241 g/mol. The molecule has 17 heavy (non-hydrogen) atoms. The molecule has 0 aliphatic carbocycles. The van der Waals surface area contributed by atoms with Crippen LogP contribution < -0.4 is 5.32 Å². The molecule has 0 aliphatic heterocycles. The second-order valence-electron chi connectivity index (χ2n) is 3.76. The summed E-state index contributed by atoms with van der Waals surface area (Å²) in [5.74, 6) is 0.535. The summed E-state index contributed by atoms with van der Waals surface area (Å²) in [6, 6.07) is 4.51. The fraction of sp³-hybridized carbons (Fsp3) is 0.250. The minimum Gasteiger partial charge on any atom is -0.347 e. The Morgan fingerprint density at radius 2 is 2.35 bits per heavy atom. The van der Waals surface area contributed by atoms with Gasteiger partial charge >= 0.3 is 0 Å². The van der Waals surface area contributed by atoms with Crippen LogP contribution in [-0.4, -0.2) is 17.0 Å². The number of nitrogens with zero attached hydrogens (tertiary/aromatic N) is 1. The molecule has 3 nitrogen and oxygen atoms in total. The smallest absolute Gasteiger partial charge is 0.126 e. The van der Waals surface area contributed by atoms with Gasteiger partial charge in [0.1, 0.15) is 11.6 Å². The average Bonchev–Trinajstić information content (AvgIpc) is 2.84. The largest absolute Gasteiger partial charge is 0.347 e. The van der Waals surface area contributed by atoms with Crippen molar-refractivity contribution in [3.63, 3.8) is 0 Å². The molecule has 5 heteroatoms. The zero-order valence-corrected chi connectivity index (χ0v) is 10.1. The van der Waals surface area contributed by atoms with Gasteiger partial charge in [-0.1, -0.05) is 11.6 Å². The van der Waals surface area contributed by atoms with Gasteiger partial charge in [0.25, 0.3) is 0 Å². The molecular formula is C12H13ClFN3. The van der Waals surface area contributed by atoms with Gasteiger partial charge in [-0.2, -0.15) is 0 Å². The topological polar surface area (TPSA) is 40.7 Å². The van der Waals surface area contributed by atoms with Crippen LogP contribution in [0.4, 0.5) is 4.39 Å². The van der Waals surface area contributed by atoms with Gasteiger partial charge in [-0.05, 0) is 37.2 Å². The maximum absolute atomic E-state index is 13.6. The summed E-state index contributed by atoms with van der Waals surface area (Å²) in [4.78, 5) is 7.18. The van der Waals surface area contributed by atoms with E-state index in [4.69, 9.17) is 11.6 Å². The molecule has 1 heterocycles. The summed E-state index contributed by atoms with van der Waals surface area (Å²) < 4.78 is 13.6. The van der Waals surface area contributed by atoms with Crippen LogP contribution in [0.25, 0.3) is 0 Å². The molecule has 0 bridgehead atoms. The van der Waals surface area contributed by atoms with E-state index in [9.17, 15) is 4.39 Å². The molecule has 90 valence electrons. The van der Waals surface area contributed by atoms with Crippen LogP contribution in [-0.2, 0) is 6.42 Å². The van der Waals surface area contributed by atoms with Gasteiger partial charge in [-0.3, -0.25) is 0 Å². The number of rotatable bonds is 4. The quantitative estimate of drug-likeness (QED) is 0.880. The molecule has 1 atom stereocenters. The second kappa shape index (κ2) is 5.29. The highest BCUT2D eigenvalue weighted by molar-refractivity contribution is 6.30. The van der Waals surface area contributed by atoms with Crippen molar-refractivity contribution in [2.24, 2.45) is 0 Å². The number of imidazole rings is 1. The van der Waals surface area contributed by atoms with Gasteiger partial charge in [0.2, 0.25) is 0 Å². The number of aromatic nitrogens is 2. The second-order valence-corrected chi connectivity index (χ2v) is 4.19. The molecule has 2 rings (SSSR count). The Morgan fingerprint density at radius 1 is 1.53 bits per heavy atom. The van der Waals surface area contributed by atoms with Crippen LogP contribution >= 0.6 is 11.6 Å². The van der Waals surface area contributed by atoms with Crippen LogP contribution in [0.2, 0.25) is 5.02 Å². The summed E-state index contributed by atoms with van der Waals surface area (Å²) in [5, 5.41) is 3.63. The van der Waals surface area contributed by atoms with Crippen molar-refractivity contribution in [3.8, 4) is 0 Å². The van der Waals surface area contributed by atoms with E-state index in [-0.39, 0.29) is 11.9 Å². The van der Waals surface area contributed by atoms with Crippen LogP contribution in [0.3, 0.4) is 0 Å². The van der Waals surface area contributed by atoms with Gasteiger partial charge in [-0.15, -0.1) is 0 Å². The van der Waals surface area contributed by atoms with E-state index in [1.807, 2.05) is 7.05 Å². The first kappa shape index (κ1) is 12.1. The molecule has 1 aromatic carbocycles. The Morgan fingerprint density at radius 3 is 3.00 bits per heavy atom. The van der Waals surface area contributed by atoms with Crippen LogP contribution in [0.15, 0.2) is 30.6 Å². The molecule has 1 aromatic heterocycles. The number of benzene rings is 1. The number of likely N-dealkylation sites (N-methyl/N-ethyl adjacent to an activating group) is 1. The SMILES string of the molecule is CNC(Cc1cc(Cl)ccc1F)c1ncc[nH]1. The van der Waals surface area contributed by atoms with E-state index in [0.29, 0.717) is 17.0 Å². The predicted molar refractivity (Wildman–Crippen MR) is 65.5 cm³/mol. The molecule has 2 aromatic rings. The van der Waals surface area contributed by atoms with E-state index in [1.54, 1.807) is 24.5 Å². The lowest BCUT2D eigenvalue weighted by Gasteiger charge is -2.14. The van der Waals surface area contributed by atoms with Crippen LogP contribution in [0.1, 0.15) is 17.4 Å². The molecule has 0 saturated heterocycles. The normalized spacial score (nSPS) is 12.6. The summed E-state index contributed by atoms with van der Waals surface area (Å²) in [5.41, 5.74) is 0.577. The third-order valence-electron chi connectivity index (χ3n) is 2.63. The van der Waals surface area contributed by atoms with Gasteiger partial charge < -0.3 is 10.3 Å². The maximum atomic E-state index is 13.6. The number of halogens is 2. The van der Waals surface area contributed by atoms with Crippen molar-refractivity contribution in [2.75, 3.05) is 7.05 Å². The van der Waals surface area contributed by atoms with Crippen LogP contribution in [0, 0.1) is 5.82 Å². The van der Waals surface area contributed by atoms with Crippen molar-refractivity contribution < 1.29 is 4.39 Å². The fourth-order valence-corrected chi connectivity index (χ4v) is 1.92. The molecule has 0 amide bonds. The Balaban J connectivity index is 2.21. The highest BCUT2D eigenvalue weighted by atomic mass is 35.5. The lowest BCUT2D eigenvalue weighted by Crippen LogP contribution is -2.20. The number of aromatic amines is 1. The minimum atomic E-state index is -0.249. The first-order chi connectivity index (χ1) is 8.20. The van der Waals surface area contributed by atoms with E-state index in [2.05, 4.69) is 15.3 Å². The van der Waals surface area contributed by atoms with Crippen molar-refractivity contribution in [3.05, 3.63) is 52.8 Å². The fourth-order valence-electron chi connectivity index (χ4n) is 1.72. The molecule has 0 aliphatic rings. The Bertz CT molecular complexity index is 485. The summed E-state index contributed by atoms with van der Waals surface area (Å²) in [7, 11) is 1.82. The third-order valence-corrected chi connectivity index (χ3v) is 2.86. The highest BCUT2D eigenvalue weighted by Crippen LogP contribution is 2.20. The third kappa shape index (κ3) is 2.84. The number of hydrogen-bond donors (Lipinski definition) is 2. The lowest BCUT2D eigenvalue weighted by atomic mass is 10.1. The Labute approximate surface area is 104 Å². The van der Waals surface area contributed by atoms with Crippen molar-refractivity contribution >= 4 is 11.6 Å². The number of nitrogens with one attached hydrogen (secondary N) is 2. The van der Waals surface area contributed by atoms with Gasteiger partial charge in [-0.25, -0.2) is 9.37 Å².